The summed E-state index contributed by atoms with van der Waals surface area (Å²) in [6.07, 6.45) is 3.35. The highest BCUT2D eigenvalue weighted by Crippen LogP contribution is 2.32. The average Bonchev–Trinajstić information content (AvgIpc) is 2.36. The molecule has 0 spiro atoms. The third-order valence-corrected chi connectivity index (χ3v) is 4.03. The largest absolute Gasteiger partial charge is 0.375 e. The van der Waals surface area contributed by atoms with Crippen LogP contribution in [-0.4, -0.2) is 20.1 Å². The van der Waals surface area contributed by atoms with Gasteiger partial charge in [0.1, 0.15) is 5.82 Å². The smallest absolute Gasteiger partial charge is 0.125 e. The number of benzene rings is 1. The molecule has 3 heteroatoms. The molecular formula is C17H29FN2. The summed E-state index contributed by atoms with van der Waals surface area (Å²) in [6, 6.07) is 6.77. The van der Waals surface area contributed by atoms with Gasteiger partial charge in [0.2, 0.25) is 0 Å². The molecule has 0 aromatic heterocycles. The van der Waals surface area contributed by atoms with Crippen molar-refractivity contribution in [2.24, 2.45) is 17.1 Å². The van der Waals surface area contributed by atoms with Gasteiger partial charge in [-0.3, -0.25) is 0 Å². The lowest BCUT2D eigenvalue weighted by Gasteiger charge is -2.31. The molecule has 0 bridgehead atoms. The number of rotatable bonds is 7. The first-order valence-electron chi connectivity index (χ1n) is 7.51. The minimum absolute atomic E-state index is 0.176. The summed E-state index contributed by atoms with van der Waals surface area (Å²) in [5.74, 6) is 0.471. The molecule has 2 N–H and O–H groups in total. The molecule has 0 amide bonds. The van der Waals surface area contributed by atoms with E-state index in [9.17, 15) is 4.39 Å². The summed E-state index contributed by atoms with van der Waals surface area (Å²) < 4.78 is 13.2. The highest BCUT2D eigenvalue weighted by molar-refractivity contribution is 5.45. The van der Waals surface area contributed by atoms with Crippen molar-refractivity contribution in [1.82, 2.24) is 0 Å². The topological polar surface area (TPSA) is 29.3 Å². The Morgan fingerprint density at radius 3 is 2.50 bits per heavy atom. The van der Waals surface area contributed by atoms with Crippen LogP contribution in [0.4, 0.5) is 10.1 Å². The highest BCUT2D eigenvalue weighted by Gasteiger charge is 2.23. The molecule has 20 heavy (non-hydrogen) atoms. The van der Waals surface area contributed by atoms with Crippen LogP contribution < -0.4 is 10.6 Å². The molecule has 1 rings (SSSR count). The fraction of sp³-hybridized carbons (Fsp3) is 0.647. The van der Waals surface area contributed by atoms with Crippen LogP contribution in [0.15, 0.2) is 24.3 Å². The molecule has 0 heterocycles. The molecule has 2 nitrogen and oxygen atoms in total. The van der Waals surface area contributed by atoms with Gasteiger partial charge in [-0.1, -0.05) is 26.8 Å². The third kappa shape index (κ3) is 5.49. The summed E-state index contributed by atoms with van der Waals surface area (Å²) in [5, 5.41) is 0. The lowest BCUT2D eigenvalue weighted by Crippen LogP contribution is -2.25. The van der Waals surface area contributed by atoms with E-state index in [0.717, 1.165) is 31.6 Å². The second kappa shape index (κ2) is 7.63. The Kier molecular flexibility index (Phi) is 6.47. The molecule has 1 unspecified atom stereocenters. The van der Waals surface area contributed by atoms with Crippen LogP contribution in [0.5, 0.6) is 0 Å². The number of nitrogens with zero attached hydrogens (tertiary/aromatic N) is 1. The quantitative estimate of drug-likeness (QED) is 0.816. The Morgan fingerprint density at radius 1 is 1.25 bits per heavy atom. The Bertz CT molecular complexity index is 398. The van der Waals surface area contributed by atoms with Crippen molar-refractivity contribution in [1.29, 1.82) is 0 Å². The van der Waals surface area contributed by atoms with Crippen molar-refractivity contribution in [3.8, 4) is 0 Å². The Balaban J connectivity index is 2.46. The van der Waals surface area contributed by atoms with Crippen molar-refractivity contribution in [2.45, 2.75) is 40.0 Å². The lowest BCUT2D eigenvalue weighted by atomic mass is 9.76. The van der Waals surface area contributed by atoms with Gasteiger partial charge in [0.15, 0.2) is 0 Å². The van der Waals surface area contributed by atoms with E-state index in [0.29, 0.717) is 11.3 Å². The van der Waals surface area contributed by atoms with Gasteiger partial charge in [-0.25, -0.2) is 4.39 Å². The minimum atomic E-state index is -0.176. The Morgan fingerprint density at radius 2 is 1.95 bits per heavy atom. The minimum Gasteiger partial charge on any atom is -0.375 e. The van der Waals surface area contributed by atoms with Crippen molar-refractivity contribution in [2.75, 3.05) is 25.0 Å². The lowest BCUT2D eigenvalue weighted by molar-refractivity contribution is 0.211. The van der Waals surface area contributed by atoms with Gasteiger partial charge in [-0.05, 0) is 55.3 Å². The molecule has 0 aliphatic carbocycles. The van der Waals surface area contributed by atoms with Crippen LogP contribution >= 0.6 is 0 Å². The Hall–Kier alpha value is -1.09. The number of hydrogen-bond acceptors (Lipinski definition) is 2. The fourth-order valence-electron chi connectivity index (χ4n) is 2.63. The van der Waals surface area contributed by atoms with Crippen LogP contribution in [0.2, 0.25) is 0 Å². The van der Waals surface area contributed by atoms with Crippen LogP contribution in [-0.2, 0) is 0 Å². The van der Waals surface area contributed by atoms with E-state index in [1.807, 2.05) is 13.1 Å². The van der Waals surface area contributed by atoms with Gasteiger partial charge < -0.3 is 10.6 Å². The monoisotopic (exact) mass is 280 g/mol. The van der Waals surface area contributed by atoms with Crippen LogP contribution in [0.1, 0.15) is 40.0 Å². The molecule has 0 aliphatic rings. The van der Waals surface area contributed by atoms with Crippen molar-refractivity contribution in [3.05, 3.63) is 30.1 Å². The number of nitrogens with two attached hydrogens (primary N) is 1. The van der Waals surface area contributed by atoms with Gasteiger partial charge in [0, 0.05) is 19.3 Å². The molecule has 1 atom stereocenters. The molecule has 114 valence electrons. The van der Waals surface area contributed by atoms with Gasteiger partial charge in [-0.15, -0.1) is 0 Å². The summed E-state index contributed by atoms with van der Waals surface area (Å²) in [5.41, 5.74) is 6.96. The van der Waals surface area contributed by atoms with Crippen LogP contribution in [0, 0.1) is 17.2 Å². The maximum absolute atomic E-state index is 13.2. The summed E-state index contributed by atoms with van der Waals surface area (Å²) in [6.45, 7) is 8.54. The van der Waals surface area contributed by atoms with Gasteiger partial charge >= 0.3 is 0 Å². The standard InChI is InChI=1S/C17H29FN2/c1-17(2,3)14(10-11-19)7-6-12-20(4)16-9-5-8-15(18)13-16/h5,8-9,13-14H,6-7,10-12,19H2,1-4H3. The predicted octanol–water partition coefficient (Wildman–Crippen LogP) is 4.05. The van der Waals surface area contributed by atoms with Crippen molar-refractivity contribution >= 4 is 5.69 Å². The predicted molar refractivity (Wildman–Crippen MR) is 85.5 cm³/mol. The Labute approximate surface area is 123 Å². The normalized spacial score (nSPS) is 13.3. The molecular weight excluding hydrogens is 251 g/mol. The molecule has 0 aliphatic heterocycles. The van der Waals surface area contributed by atoms with E-state index >= 15 is 0 Å². The van der Waals surface area contributed by atoms with E-state index in [2.05, 4.69) is 25.7 Å². The fourth-order valence-corrected chi connectivity index (χ4v) is 2.63. The summed E-state index contributed by atoms with van der Waals surface area (Å²) in [4.78, 5) is 2.12. The molecule has 0 fully saturated rings. The maximum atomic E-state index is 13.2. The zero-order valence-electron chi connectivity index (χ0n) is 13.3. The summed E-state index contributed by atoms with van der Waals surface area (Å²) >= 11 is 0. The SMILES string of the molecule is CN(CCCC(CCN)C(C)(C)C)c1cccc(F)c1. The van der Waals surface area contributed by atoms with Gasteiger partial charge in [0.05, 0.1) is 0 Å². The van der Waals surface area contributed by atoms with Gasteiger partial charge in [0.25, 0.3) is 0 Å². The molecule has 1 aromatic rings. The zero-order valence-corrected chi connectivity index (χ0v) is 13.3. The molecule has 0 saturated carbocycles. The third-order valence-electron chi connectivity index (χ3n) is 4.03. The van der Waals surface area contributed by atoms with Crippen molar-refractivity contribution < 1.29 is 4.39 Å². The number of anilines is 1. The molecule has 0 saturated heterocycles. The number of hydrogen-bond donors (Lipinski definition) is 1. The number of halogens is 1. The molecule has 1 aromatic carbocycles. The van der Waals surface area contributed by atoms with Crippen LogP contribution in [0.25, 0.3) is 0 Å². The highest BCUT2D eigenvalue weighted by atomic mass is 19.1. The first-order valence-corrected chi connectivity index (χ1v) is 7.51. The van der Waals surface area contributed by atoms with E-state index in [1.165, 1.54) is 12.5 Å². The van der Waals surface area contributed by atoms with Crippen LogP contribution in [0.3, 0.4) is 0 Å². The van der Waals surface area contributed by atoms with E-state index < -0.39 is 0 Å². The van der Waals surface area contributed by atoms with Crippen molar-refractivity contribution in [3.63, 3.8) is 0 Å². The first kappa shape index (κ1) is 17.0. The van der Waals surface area contributed by atoms with E-state index in [1.54, 1.807) is 12.1 Å². The maximum Gasteiger partial charge on any atom is 0.125 e. The first-order chi connectivity index (χ1) is 9.34. The van der Waals surface area contributed by atoms with E-state index in [-0.39, 0.29) is 5.82 Å². The zero-order chi connectivity index (χ0) is 15.2. The van der Waals surface area contributed by atoms with E-state index in [4.69, 9.17) is 5.73 Å². The second-order valence-corrected chi connectivity index (χ2v) is 6.68. The summed E-state index contributed by atoms with van der Waals surface area (Å²) in [7, 11) is 2.02. The second-order valence-electron chi connectivity index (χ2n) is 6.68. The average molecular weight is 280 g/mol. The van der Waals surface area contributed by atoms with Gasteiger partial charge in [-0.2, -0.15) is 0 Å². The molecule has 0 radical (unpaired) electrons.